The Morgan fingerprint density at radius 3 is 1.97 bits per heavy atom. The monoisotopic (exact) mass is 546 g/mol. The van der Waals surface area contributed by atoms with E-state index < -0.39 is 28.0 Å². The first kappa shape index (κ1) is 30.6. The first-order chi connectivity index (χ1) is 12.8. The Balaban J connectivity index is 0. The second kappa shape index (κ2) is 13.7. The Labute approximate surface area is 197 Å². The molecule has 0 spiro atoms. The average Bonchev–Trinajstić information content (AvgIpc) is 2.55. The normalized spacial score (nSPS) is 13.9. The Hall–Kier alpha value is -0.580. The zero-order valence-corrected chi connectivity index (χ0v) is 22.9. The van der Waals surface area contributed by atoms with Crippen molar-refractivity contribution in [2.75, 3.05) is 25.4 Å². The van der Waals surface area contributed by atoms with Gasteiger partial charge in [-0.15, -0.1) is 24.0 Å². The molecule has 0 saturated carbocycles. The molecule has 0 aromatic heterocycles. The number of hydrogen-bond acceptors (Lipinski definition) is 4. The summed E-state index contributed by atoms with van der Waals surface area (Å²) in [5.74, 6) is 1.21. The molecule has 3 N–H and O–H groups in total. The molecule has 29 heavy (non-hydrogen) atoms. The maximum Gasteiger partial charge on any atom is 0.408 e. The van der Waals surface area contributed by atoms with E-state index >= 15 is 0 Å². The highest BCUT2D eigenvalue weighted by atomic mass is 127. The van der Waals surface area contributed by atoms with Gasteiger partial charge in [-0.1, -0.05) is 13.8 Å². The van der Waals surface area contributed by atoms with Crippen LogP contribution in [0.5, 0.6) is 0 Å². The molecule has 9 heteroatoms. The zero-order valence-electron chi connectivity index (χ0n) is 19.7. The van der Waals surface area contributed by atoms with Crippen LogP contribution < -0.4 is 16.0 Å². The minimum atomic E-state index is -0.918. The van der Waals surface area contributed by atoms with Crippen molar-refractivity contribution in [2.24, 2.45) is 4.99 Å². The van der Waals surface area contributed by atoms with Crippen LogP contribution in [0.15, 0.2) is 4.99 Å². The number of ether oxygens (including phenoxy) is 1. The van der Waals surface area contributed by atoms with Gasteiger partial charge in [0.1, 0.15) is 5.60 Å². The highest BCUT2D eigenvalue weighted by Gasteiger charge is 2.30. The molecule has 0 saturated heterocycles. The number of amides is 1. The molecule has 1 atom stereocenters. The van der Waals surface area contributed by atoms with Gasteiger partial charge in [0.05, 0.1) is 12.1 Å². The van der Waals surface area contributed by atoms with E-state index in [0.717, 1.165) is 19.4 Å². The van der Waals surface area contributed by atoms with Crippen LogP contribution in [0.3, 0.4) is 0 Å². The summed E-state index contributed by atoms with van der Waals surface area (Å²) in [6.45, 7) is 19.2. The summed E-state index contributed by atoms with van der Waals surface area (Å²) in [6, 6.07) is 0. The van der Waals surface area contributed by atoms with E-state index in [1.165, 1.54) is 0 Å². The third-order valence-corrected chi connectivity index (χ3v) is 6.21. The summed E-state index contributed by atoms with van der Waals surface area (Å²) in [5.41, 5.74) is -1.02. The Bertz CT molecular complexity index is 539. The van der Waals surface area contributed by atoms with E-state index in [1.54, 1.807) is 0 Å². The summed E-state index contributed by atoms with van der Waals surface area (Å²) in [7, 11) is -0.918. The molecule has 0 fully saturated rings. The molecule has 1 unspecified atom stereocenters. The van der Waals surface area contributed by atoms with Gasteiger partial charge in [0.25, 0.3) is 0 Å². The first-order valence-corrected chi connectivity index (χ1v) is 11.5. The molecule has 7 nitrogen and oxygen atoms in total. The van der Waals surface area contributed by atoms with Gasteiger partial charge in [0, 0.05) is 34.4 Å². The Morgan fingerprint density at radius 2 is 1.55 bits per heavy atom. The van der Waals surface area contributed by atoms with Gasteiger partial charge in [0.2, 0.25) is 0 Å². The SMILES string of the molecule is CCNC(=NCC(CC)(CC)NC(=O)OC(C)(C)C)NCCS(=O)C(C)(C)C.I. The van der Waals surface area contributed by atoms with Crippen molar-refractivity contribution in [3.05, 3.63) is 0 Å². The number of hydrogen-bond donors (Lipinski definition) is 3. The molecule has 0 aliphatic carbocycles. The number of halogens is 1. The minimum Gasteiger partial charge on any atom is -0.444 e. The van der Waals surface area contributed by atoms with Crippen LogP contribution in [-0.2, 0) is 15.5 Å². The number of rotatable bonds is 9. The van der Waals surface area contributed by atoms with E-state index in [-0.39, 0.29) is 28.7 Å². The van der Waals surface area contributed by atoms with Gasteiger partial charge in [0.15, 0.2) is 5.96 Å². The van der Waals surface area contributed by atoms with Crippen LogP contribution in [0.4, 0.5) is 4.79 Å². The number of nitrogens with one attached hydrogen (secondary N) is 3. The lowest BCUT2D eigenvalue weighted by molar-refractivity contribution is 0.0452. The molecule has 1 amide bonds. The third kappa shape index (κ3) is 13.4. The molecule has 0 heterocycles. The molecule has 0 aromatic rings. The van der Waals surface area contributed by atoms with Gasteiger partial charge >= 0.3 is 6.09 Å². The standard InChI is InChI=1S/C20H42N4O3S.HI/c1-10-20(11-2,24-17(25)27-18(4,5)6)15-23-16(21-12-3)22-13-14-28(26)19(7,8)9;/h10-15H2,1-9H3,(H,24,25)(H2,21,22,23);1H. The zero-order chi connectivity index (χ0) is 22.0. The molecule has 0 aliphatic heterocycles. The van der Waals surface area contributed by atoms with Gasteiger partial charge in [-0.3, -0.25) is 9.20 Å². The fourth-order valence-electron chi connectivity index (χ4n) is 2.35. The number of aliphatic imine (C=N–C) groups is 1. The van der Waals surface area contributed by atoms with Crippen molar-refractivity contribution in [3.8, 4) is 0 Å². The molecule has 0 radical (unpaired) electrons. The van der Waals surface area contributed by atoms with Crippen molar-refractivity contribution >= 4 is 46.8 Å². The molecule has 0 aromatic carbocycles. The van der Waals surface area contributed by atoms with Crippen molar-refractivity contribution in [1.82, 2.24) is 16.0 Å². The van der Waals surface area contributed by atoms with Crippen LogP contribution in [0, 0.1) is 0 Å². The van der Waals surface area contributed by atoms with Gasteiger partial charge < -0.3 is 20.7 Å². The van der Waals surface area contributed by atoms with Crippen molar-refractivity contribution < 1.29 is 13.7 Å². The lowest BCUT2D eigenvalue weighted by Crippen LogP contribution is -2.52. The average molecular weight is 547 g/mol. The maximum absolute atomic E-state index is 12.3. The highest BCUT2D eigenvalue weighted by Crippen LogP contribution is 2.17. The summed E-state index contributed by atoms with van der Waals surface area (Å²) >= 11 is 0. The lowest BCUT2D eigenvalue weighted by atomic mass is 9.93. The number of carbonyl (C=O) groups excluding carboxylic acids is 1. The number of nitrogens with zero attached hydrogens (tertiary/aromatic N) is 1. The topological polar surface area (TPSA) is 91.8 Å². The quantitative estimate of drug-likeness (QED) is 0.233. The van der Waals surface area contributed by atoms with E-state index in [9.17, 15) is 9.00 Å². The molecule has 0 rings (SSSR count). The minimum absolute atomic E-state index is 0. The van der Waals surface area contributed by atoms with Crippen molar-refractivity contribution in [2.45, 2.75) is 91.0 Å². The lowest BCUT2D eigenvalue weighted by Gasteiger charge is -2.32. The van der Waals surface area contributed by atoms with Crippen LogP contribution >= 0.6 is 24.0 Å². The highest BCUT2D eigenvalue weighted by molar-refractivity contribution is 14.0. The maximum atomic E-state index is 12.3. The van der Waals surface area contributed by atoms with Crippen LogP contribution in [0.25, 0.3) is 0 Å². The van der Waals surface area contributed by atoms with Gasteiger partial charge in [-0.25, -0.2) is 4.79 Å². The van der Waals surface area contributed by atoms with Crippen LogP contribution in [0.2, 0.25) is 0 Å². The van der Waals surface area contributed by atoms with E-state index in [4.69, 9.17) is 4.74 Å². The van der Waals surface area contributed by atoms with E-state index in [2.05, 4.69) is 20.9 Å². The van der Waals surface area contributed by atoms with E-state index in [0.29, 0.717) is 24.8 Å². The van der Waals surface area contributed by atoms with E-state index in [1.807, 2.05) is 62.3 Å². The molecular formula is C20H43IN4O3S. The first-order valence-electron chi connectivity index (χ1n) is 10.2. The molecule has 0 bridgehead atoms. The van der Waals surface area contributed by atoms with Crippen LogP contribution in [0.1, 0.15) is 75.2 Å². The molecule has 174 valence electrons. The Kier molecular flexibility index (Phi) is 14.4. The molecular weight excluding hydrogens is 503 g/mol. The van der Waals surface area contributed by atoms with Crippen LogP contribution in [-0.4, -0.2) is 57.5 Å². The second-order valence-electron chi connectivity index (χ2n) is 8.90. The summed E-state index contributed by atoms with van der Waals surface area (Å²) < 4.78 is 17.4. The van der Waals surface area contributed by atoms with Gasteiger partial charge in [-0.2, -0.15) is 0 Å². The Morgan fingerprint density at radius 1 is 1.00 bits per heavy atom. The van der Waals surface area contributed by atoms with Crippen molar-refractivity contribution in [3.63, 3.8) is 0 Å². The summed E-state index contributed by atoms with van der Waals surface area (Å²) in [4.78, 5) is 16.9. The molecule has 0 aliphatic rings. The smallest absolute Gasteiger partial charge is 0.408 e. The second-order valence-corrected chi connectivity index (χ2v) is 11.2. The number of guanidine groups is 1. The fraction of sp³-hybridized carbons (Fsp3) is 0.900. The number of alkyl carbamates (subject to hydrolysis) is 1. The van der Waals surface area contributed by atoms with Gasteiger partial charge in [-0.05, 0) is 61.3 Å². The largest absolute Gasteiger partial charge is 0.444 e. The predicted molar refractivity (Wildman–Crippen MR) is 135 cm³/mol. The fourth-order valence-corrected chi connectivity index (χ4v) is 3.25. The number of carbonyl (C=O) groups is 1. The summed E-state index contributed by atoms with van der Waals surface area (Å²) in [5, 5.41) is 9.45. The predicted octanol–water partition coefficient (Wildman–Crippen LogP) is 3.79. The van der Waals surface area contributed by atoms with Crippen molar-refractivity contribution in [1.29, 1.82) is 0 Å². The summed E-state index contributed by atoms with van der Waals surface area (Å²) in [6.07, 6.45) is 1.05. The third-order valence-electron chi connectivity index (χ3n) is 4.27.